The van der Waals surface area contributed by atoms with Gasteiger partial charge < -0.3 is 4.42 Å². The largest absolute Gasteiger partial charge is 0.454 e. The number of furan rings is 1. The van der Waals surface area contributed by atoms with Crippen molar-refractivity contribution in [2.24, 2.45) is 0 Å². The Bertz CT molecular complexity index is 745. The Morgan fingerprint density at radius 3 is 2.18 bits per heavy atom. The molecule has 2 aromatic carbocycles. The van der Waals surface area contributed by atoms with Crippen LogP contribution in [-0.4, -0.2) is 0 Å². The molecule has 0 atom stereocenters. The summed E-state index contributed by atoms with van der Waals surface area (Å²) in [7, 11) is 0. The van der Waals surface area contributed by atoms with Crippen molar-refractivity contribution in [3.63, 3.8) is 0 Å². The van der Waals surface area contributed by atoms with Gasteiger partial charge in [0.1, 0.15) is 10.6 Å². The summed E-state index contributed by atoms with van der Waals surface area (Å²) in [6, 6.07) is 6.97. The monoisotopic (exact) mass is 304 g/mol. The average Bonchev–Trinajstić information content (AvgIpc) is 2.69. The standard InChI is InChI=1S/C12H4Cl4O/c13-6-3-4-8-9(10(6)15)5-1-2-7(14)11(16)12(5)17-8/h1-4H. The summed E-state index contributed by atoms with van der Waals surface area (Å²) in [5, 5.41) is 3.33. The molecule has 0 saturated carbocycles. The summed E-state index contributed by atoms with van der Waals surface area (Å²) in [5.41, 5.74) is 1.16. The number of benzene rings is 2. The van der Waals surface area contributed by atoms with Gasteiger partial charge in [0, 0.05) is 10.8 Å². The number of rotatable bonds is 0. The maximum atomic E-state index is 6.17. The molecule has 0 aliphatic carbocycles. The Morgan fingerprint density at radius 2 is 1.41 bits per heavy atom. The van der Waals surface area contributed by atoms with Crippen molar-refractivity contribution in [1.82, 2.24) is 0 Å². The fraction of sp³-hybridized carbons (Fsp3) is 0. The van der Waals surface area contributed by atoms with Gasteiger partial charge in [-0.3, -0.25) is 0 Å². The number of fused-ring (bicyclic) bond motifs is 3. The van der Waals surface area contributed by atoms with Gasteiger partial charge in [-0.05, 0) is 24.3 Å². The highest BCUT2D eigenvalue weighted by molar-refractivity contribution is 6.48. The molecule has 1 aromatic heterocycles. The van der Waals surface area contributed by atoms with E-state index in [0.29, 0.717) is 31.3 Å². The van der Waals surface area contributed by atoms with Crippen LogP contribution in [0.2, 0.25) is 20.1 Å². The van der Waals surface area contributed by atoms with Gasteiger partial charge in [-0.25, -0.2) is 0 Å². The fourth-order valence-electron chi connectivity index (χ4n) is 1.81. The van der Waals surface area contributed by atoms with Crippen molar-refractivity contribution >= 4 is 68.3 Å². The van der Waals surface area contributed by atoms with Crippen molar-refractivity contribution in [1.29, 1.82) is 0 Å². The van der Waals surface area contributed by atoms with Gasteiger partial charge in [-0.15, -0.1) is 0 Å². The lowest BCUT2D eigenvalue weighted by atomic mass is 10.1. The molecule has 0 radical (unpaired) electrons. The molecule has 0 N–H and O–H groups in total. The molecule has 1 heterocycles. The molecule has 0 aliphatic rings. The molecular formula is C12H4Cl4O. The minimum Gasteiger partial charge on any atom is -0.454 e. The third-order valence-corrected chi connectivity index (χ3v) is 4.18. The van der Waals surface area contributed by atoms with Crippen LogP contribution in [0.5, 0.6) is 0 Å². The third-order valence-electron chi connectivity index (χ3n) is 2.59. The SMILES string of the molecule is Clc1ccc2c(oc3ccc(Cl)c(Cl)c32)c1Cl. The molecule has 86 valence electrons. The molecule has 0 fully saturated rings. The molecule has 5 heteroatoms. The Labute approximate surface area is 117 Å². The lowest BCUT2D eigenvalue weighted by Gasteiger charge is -1.97. The minimum atomic E-state index is 0.382. The highest BCUT2D eigenvalue weighted by Gasteiger charge is 2.16. The minimum absolute atomic E-state index is 0.382. The number of hydrogen-bond donors (Lipinski definition) is 0. The van der Waals surface area contributed by atoms with Crippen LogP contribution in [0, 0.1) is 0 Å². The van der Waals surface area contributed by atoms with E-state index in [0.717, 1.165) is 10.8 Å². The Morgan fingerprint density at radius 1 is 0.765 bits per heavy atom. The van der Waals surface area contributed by atoms with Gasteiger partial charge in [0.05, 0.1) is 15.1 Å². The van der Waals surface area contributed by atoms with E-state index in [-0.39, 0.29) is 0 Å². The van der Waals surface area contributed by atoms with Crippen molar-refractivity contribution < 1.29 is 4.42 Å². The highest BCUT2D eigenvalue weighted by atomic mass is 35.5. The maximum absolute atomic E-state index is 6.17. The quantitative estimate of drug-likeness (QED) is 0.482. The predicted octanol–water partition coefficient (Wildman–Crippen LogP) is 6.20. The van der Waals surface area contributed by atoms with Crippen molar-refractivity contribution in [2.45, 2.75) is 0 Å². The topological polar surface area (TPSA) is 13.1 Å². The molecular weight excluding hydrogens is 302 g/mol. The van der Waals surface area contributed by atoms with Gasteiger partial charge in [0.25, 0.3) is 0 Å². The zero-order valence-corrected chi connectivity index (χ0v) is 11.3. The van der Waals surface area contributed by atoms with Gasteiger partial charge in [0.2, 0.25) is 0 Å². The van der Waals surface area contributed by atoms with Gasteiger partial charge in [-0.2, -0.15) is 0 Å². The van der Waals surface area contributed by atoms with E-state index in [1.54, 1.807) is 18.2 Å². The van der Waals surface area contributed by atoms with E-state index in [1.807, 2.05) is 6.07 Å². The van der Waals surface area contributed by atoms with Crippen LogP contribution in [0.15, 0.2) is 28.7 Å². The highest BCUT2D eigenvalue weighted by Crippen LogP contribution is 2.41. The Kier molecular flexibility index (Phi) is 2.68. The molecule has 0 unspecified atom stereocenters. The maximum Gasteiger partial charge on any atom is 0.155 e. The zero-order valence-electron chi connectivity index (χ0n) is 8.23. The molecule has 3 rings (SSSR count). The van der Waals surface area contributed by atoms with E-state index in [2.05, 4.69) is 0 Å². The summed E-state index contributed by atoms with van der Waals surface area (Å²) in [5.74, 6) is 0. The molecule has 3 aromatic rings. The second kappa shape index (κ2) is 3.96. The Balaban J connectivity index is 2.60. The third kappa shape index (κ3) is 1.61. The number of hydrogen-bond acceptors (Lipinski definition) is 1. The summed E-state index contributed by atoms with van der Waals surface area (Å²) in [6.45, 7) is 0. The van der Waals surface area contributed by atoms with Crippen LogP contribution in [-0.2, 0) is 0 Å². The van der Waals surface area contributed by atoms with Crippen LogP contribution in [0.3, 0.4) is 0 Å². The molecule has 17 heavy (non-hydrogen) atoms. The lowest BCUT2D eigenvalue weighted by molar-refractivity contribution is 0.669. The average molecular weight is 306 g/mol. The smallest absolute Gasteiger partial charge is 0.155 e. The summed E-state index contributed by atoms with van der Waals surface area (Å²) >= 11 is 24.2. The second-order valence-electron chi connectivity index (χ2n) is 3.57. The first-order valence-corrected chi connectivity index (χ1v) is 6.25. The molecule has 0 amide bonds. The molecule has 0 aliphatic heterocycles. The van der Waals surface area contributed by atoms with Gasteiger partial charge in [0.15, 0.2) is 5.58 Å². The number of halogens is 4. The second-order valence-corrected chi connectivity index (χ2v) is 5.14. The van der Waals surface area contributed by atoms with E-state index in [9.17, 15) is 0 Å². The predicted molar refractivity (Wildman–Crippen MR) is 73.8 cm³/mol. The van der Waals surface area contributed by atoms with Gasteiger partial charge in [-0.1, -0.05) is 46.4 Å². The van der Waals surface area contributed by atoms with Crippen LogP contribution in [0.4, 0.5) is 0 Å². The molecule has 0 spiro atoms. The van der Waals surface area contributed by atoms with Gasteiger partial charge >= 0.3 is 0 Å². The van der Waals surface area contributed by atoms with Crippen LogP contribution < -0.4 is 0 Å². The molecule has 0 bridgehead atoms. The normalized spacial score (nSPS) is 11.5. The first kappa shape index (κ1) is 11.5. The van der Waals surface area contributed by atoms with E-state index < -0.39 is 0 Å². The first-order chi connectivity index (χ1) is 8.09. The van der Waals surface area contributed by atoms with Crippen molar-refractivity contribution in [2.75, 3.05) is 0 Å². The first-order valence-electron chi connectivity index (χ1n) is 4.74. The Hall–Kier alpha value is -0.600. The van der Waals surface area contributed by atoms with Crippen LogP contribution in [0.25, 0.3) is 21.9 Å². The van der Waals surface area contributed by atoms with E-state index in [4.69, 9.17) is 50.8 Å². The van der Waals surface area contributed by atoms with Crippen molar-refractivity contribution in [3.8, 4) is 0 Å². The van der Waals surface area contributed by atoms with Crippen LogP contribution in [0.1, 0.15) is 0 Å². The van der Waals surface area contributed by atoms with E-state index in [1.165, 1.54) is 0 Å². The fourth-order valence-corrected chi connectivity index (χ4v) is 2.58. The van der Waals surface area contributed by atoms with Crippen molar-refractivity contribution in [3.05, 3.63) is 44.4 Å². The zero-order chi connectivity index (χ0) is 12.2. The molecule has 0 saturated heterocycles. The van der Waals surface area contributed by atoms with E-state index >= 15 is 0 Å². The summed E-state index contributed by atoms with van der Waals surface area (Å²) in [6.07, 6.45) is 0. The lowest BCUT2D eigenvalue weighted by Crippen LogP contribution is -1.72. The molecule has 1 nitrogen and oxygen atoms in total. The summed E-state index contributed by atoms with van der Waals surface area (Å²) in [4.78, 5) is 0. The summed E-state index contributed by atoms with van der Waals surface area (Å²) < 4.78 is 5.64. The van der Waals surface area contributed by atoms with Crippen LogP contribution >= 0.6 is 46.4 Å².